The predicted molar refractivity (Wildman–Crippen MR) is 73.7 cm³/mol. The number of rotatable bonds is 5. The summed E-state index contributed by atoms with van der Waals surface area (Å²) in [5.41, 5.74) is 10.4. The number of amides is 1. The number of hydrogen-bond donors (Lipinski definition) is 3. The largest absolute Gasteiger partial charge is 0.396 e. The lowest BCUT2D eigenvalue weighted by atomic mass is 10.1. The van der Waals surface area contributed by atoms with Crippen molar-refractivity contribution in [1.82, 2.24) is 4.72 Å². The lowest BCUT2D eigenvalue weighted by molar-refractivity contribution is -0.120. The van der Waals surface area contributed by atoms with Crippen molar-refractivity contribution in [2.24, 2.45) is 11.7 Å². The smallest absolute Gasteiger partial charge is 0.241 e. The Morgan fingerprint density at radius 2 is 1.90 bits per heavy atom. The fourth-order valence-electron chi connectivity index (χ4n) is 1.68. The first kappa shape index (κ1) is 16.4. The van der Waals surface area contributed by atoms with Crippen LogP contribution >= 0.6 is 0 Å². The maximum Gasteiger partial charge on any atom is 0.241 e. The van der Waals surface area contributed by atoms with Gasteiger partial charge in [0.25, 0.3) is 0 Å². The third-order valence-corrected chi connectivity index (χ3v) is 4.24. The zero-order chi connectivity index (χ0) is 15.7. The minimum absolute atomic E-state index is 0.102. The Bertz CT molecular complexity index is 606. The fourth-order valence-corrected chi connectivity index (χ4v) is 3.15. The minimum Gasteiger partial charge on any atom is -0.396 e. The number of nitrogens with two attached hydrogens (primary N) is 2. The topological polar surface area (TPSA) is 115 Å². The second-order valence-electron chi connectivity index (χ2n) is 4.89. The van der Waals surface area contributed by atoms with Gasteiger partial charge in [0.05, 0.1) is 10.6 Å². The molecule has 6 nitrogen and oxygen atoms in total. The van der Waals surface area contributed by atoms with Crippen LogP contribution in [0.15, 0.2) is 17.0 Å². The summed E-state index contributed by atoms with van der Waals surface area (Å²) in [6, 6.07) is 1.10. The summed E-state index contributed by atoms with van der Waals surface area (Å²) in [6.07, 6.45) is 0. The van der Waals surface area contributed by atoms with E-state index < -0.39 is 27.8 Å². The van der Waals surface area contributed by atoms with Crippen LogP contribution in [0.5, 0.6) is 0 Å². The second kappa shape index (κ2) is 5.76. The average molecular weight is 303 g/mol. The Kier molecular flexibility index (Phi) is 4.72. The van der Waals surface area contributed by atoms with Crippen LogP contribution in [0.3, 0.4) is 0 Å². The molecule has 0 aliphatic carbocycles. The van der Waals surface area contributed by atoms with E-state index in [-0.39, 0.29) is 22.1 Å². The van der Waals surface area contributed by atoms with Gasteiger partial charge in [-0.05, 0) is 30.5 Å². The summed E-state index contributed by atoms with van der Waals surface area (Å²) in [5.74, 6) is -1.77. The van der Waals surface area contributed by atoms with Crippen molar-refractivity contribution in [2.75, 3.05) is 5.73 Å². The SMILES string of the molecule is Cc1cc(S(=O)(=O)NC(C(N)=O)C(C)C)cc(N)c1F. The highest BCUT2D eigenvalue weighted by atomic mass is 32.2. The van der Waals surface area contributed by atoms with Gasteiger partial charge < -0.3 is 11.5 Å². The summed E-state index contributed by atoms with van der Waals surface area (Å²) in [7, 11) is -4.01. The highest BCUT2D eigenvalue weighted by Gasteiger charge is 2.27. The van der Waals surface area contributed by atoms with Gasteiger partial charge in [-0.15, -0.1) is 0 Å². The number of benzene rings is 1. The zero-order valence-corrected chi connectivity index (χ0v) is 12.3. The monoisotopic (exact) mass is 303 g/mol. The van der Waals surface area contributed by atoms with E-state index >= 15 is 0 Å². The van der Waals surface area contributed by atoms with E-state index in [1.54, 1.807) is 13.8 Å². The molecule has 1 atom stereocenters. The Labute approximate surface area is 117 Å². The van der Waals surface area contributed by atoms with E-state index in [0.717, 1.165) is 12.1 Å². The number of anilines is 1. The molecule has 0 bridgehead atoms. The number of hydrogen-bond acceptors (Lipinski definition) is 4. The van der Waals surface area contributed by atoms with E-state index in [9.17, 15) is 17.6 Å². The third-order valence-electron chi connectivity index (χ3n) is 2.82. The zero-order valence-electron chi connectivity index (χ0n) is 11.5. The van der Waals surface area contributed by atoms with Crippen molar-refractivity contribution in [3.8, 4) is 0 Å². The molecule has 0 fully saturated rings. The number of nitrogens with one attached hydrogen (secondary N) is 1. The van der Waals surface area contributed by atoms with Gasteiger partial charge in [0, 0.05) is 0 Å². The average Bonchev–Trinajstić information content (AvgIpc) is 2.31. The lowest BCUT2D eigenvalue weighted by Crippen LogP contribution is -2.47. The maximum atomic E-state index is 13.4. The molecule has 0 saturated carbocycles. The molecule has 0 heterocycles. The van der Waals surface area contributed by atoms with E-state index in [0.29, 0.717) is 0 Å². The van der Waals surface area contributed by atoms with Gasteiger partial charge in [-0.3, -0.25) is 4.79 Å². The van der Waals surface area contributed by atoms with Gasteiger partial charge in [-0.1, -0.05) is 13.8 Å². The summed E-state index contributed by atoms with van der Waals surface area (Å²) < 4.78 is 39.9. The molecule has 1 aromatic carbocycles. The number of aryl methyl sites for hydroxylation is 1. The van der Waals surface area contributed by atoms with Crippen LogP contribution in [0.25, 0.3) is 0 Å². The van der Waals surface area contributed by atoms with Crippen LogP contribution in [0.1, 0.15) is 19.4 Å². The summed E-state index contributed by atoms with van der Waals surface area (Å²) in [6.45, 7) is 4.71. The van der Waals surface area contributed by atoms with Crippen molar-refractivity contribution in [3.63, 3.8) is 0 Å². The molecule has 0 saturated heterocycles. The Morgan fingerprint density at radius 3 is 2.30 bits per heavy atom. The molecular weight excluding hydrogens is 285 g/mol. The molecule has 112 valence electrons. The molecule has 20 heavy (non-hydrogen) atoms. The quantitative estimate of drug-likeness (QED) is 0.687. The molecule has 5 N–H and O–H groups in total. The molecule has 8 heteroatoms. The minimum atomic E-state index is -4.01. The summed E-state index contributed by atoms with van der Waals surface area (Å²) >= 11 is 0. The summed E-state index contributed by atoms with van der Waals surface area (Å²) in [5, 5.41) is 0. The molecule has 1 unspecified atom stereocenters. The van der Waals surface area contributed by atoms with Crippen LogP contribution in [-0.4, -0.2) is 20.4 Å². The van der Waals surface area contributed by atoms with Crippen LogP contribution in [0.2, 0.25) is 0 Å². The first-order valence-electron chi connectivity index (χ1n) is 5.93. The summed E-state index contributed by atoms with van der Waals surface area (Å²) in [4.78, 5) is 11.0. The molecule has 1 amide bonds. The van der Waals surface area contributed by atoms with Gasteiger partial charge in [-0.25, -0.2) is 12.8 Å². The van der Waals surface area contributed by atoms with Crippen molar-refractivity contribution in [3.05, 3.63) is 23.5 Å². The normalized spacial score (nSPS) is 13.4. The van der Waals surface area contributed by atoms with Gasteiger partial charge in [0.15, 0.2) is 0 Å². The number of carbonyl (C=O) groups excluding carboxylic acids is 1. The molecule has 0 aliphatic heterocycles. The number of halogens is 1. The van der Waals surface area contributed by atoms with Crippen LogP contribution in [0.4, 0.5) is 10.1 Å². The van der Waals surface area contributed by atoms with Crippen LogP contribution < -0.4 is 16.2 Å². The Morgan fingerprint density at radius 1 is 1.35 bits per heavy atom. The molecular formula is C12H18FN3O3S. The number of carbonyl (C=O) groups is 1. The number of nitrogen functional groups attached to an aromatic ring is 1. The third kappa shape index (κ3) is 3.45. The van der Waals surface area contributed by atoms with Gasteiger partial charge >= 0.3 is 0 Å². The van der Waals surface area contributed by atoms with Crippen molar-refractivity contribution in [1.29, 1.82) is 0 Å². The number of sulfonamides is 1. The van der Waals surface area contributed by atoms with E-state index in [1.807, 2.05) is 0 Å². The Balaban J connectivity index is 3.21. The molecule has 0 radical (unpaired) electrons. The van der Waals surface area contributed by atoms with Crippen molar-refractivity contribution >= 4 is 21.6 Å². The van der Waals surface area contributed by atoms with Crippen LogP contribution in [-0.2, 0) is 14.8 Å². The fraction of sp³-hybridized carbons (Fsp3) is 0.417. The van der Waals surface area contributed by atoms with E-state index in [2.05, 4.69) is 4.72 Å². The van der Waals surface area contributed by atoms with Gasteiger partial charge in [-0.2, -0.15) is 4.72 Å². The predicted octanol–water partition coefficient (Wildman–Crippen LogP) is 0.505. The standard InChI is InChI=1S/C12H18FN3O3S/c1-6(2)11(12(15)17)16-20(18,19)8-4-7(3)10(13)9(14)5-8/h4-6,11,16H,14H2,1-3H3,(H2,15,17). The molecule has 1 rings (SSSR count). The van der Waals surface area contributed by atoms with Gasteiger partial charge in [0.1, 0.15) is 11.9 Å². The van der Waals surface area contributed by atoms with Crippen molar-refractivity contribution < 1.29 is 17.6 Å². The van der Waals surface area contributed by atoms with Crippen LogP contribution in [0, 0.1) is 18.7 Å². The Hall–Kier alpha value is -1.67. The molecule has 0 spiro atoms. The number of primary amides is 1. The lowest BCUT2D eigenvalue weighted by Gasteiger charge is -2.19. The highest BCUT2D eigenvalue weighted by molar-refractivity contribution is 7.89. The second-order valence-corrected chi connectivity index (χ2v) is 6.60. The highest BCUT2D eigenvalue weighted by Crippen LogP contribution is 2.21. The molecule has 1 aromatic rings. The van der Waals surface area contributed by atoms with E-state index in [1.165, 1.54) is 6.92 Å². The first-order valence-corrected chi connectivity index (χ1v) is 7.42. The van der Waals surface area contributed by atoms with Gasteiger partial charge in [0.2, 0.25) is 15.9 Å². The molecule has 0 aromatic heterocycles. The first-order chi connectivity index (χ1) is 9.06. The van der Waals surface area contributed by atoms with Crippen molar-refractivity contribution in [2.45, 2.75) is 31.7 Å². The maximum absolute atomic E-state index is 13.4. The van der Waals surface area contributed by atoms with E-state index in [4.69, 9.17) is 11.5 Å². The molecule has 0 aliphatic rings.